The van der Waals surface area contributed by atoms with Crippen LogP contribution in [0.15, 0.2) is 16.6 Å². The van der Waals surface area contributed by atoms with E-state index in [9.17, 15) is 0 Å². The van der Waals surface area contributed by atoms with Gasteiger partial charge >= 0.3 is 0 Å². The number of nitriles is 1. The molecule has 9 heavy (non-hydrogen) atoms. The first-order valence-electron chi connectivity index (χ1n) is 2.94. The number of allylic oxidation sites excluding steroid dienone is 1. The number of aliphatic imine (C=N–C) groups is 1. The average Bonchev–Trinajstić information content (AvgIpc) is 1.88. The van der Waals surface area contributed by atoms with E-state index in [1.165, 1.54) is 0 Å². The van der Waals surface area contributed by atoms with Crippen LogP contribution in [0, 0.1) is 17.2 Å². The zero-order chi connectivity index (χ0) is 6.69. The van der Waals surface area contributed by atoms with Gasteiger partial charge < -0.3 is 0 Å². The normalized spacial score (nSPS) is 24.9. The van der Waals surface area contributed by atoms with E-state index in [2.05, 4.69) is 4.99 Å². The van der Waals surface area contributed by atoms with Crippen molar-refractivity contribution in [3.05, 3.63) is 11.6 Å². The van der Waals surface area contributed by atoms with Gasteiger partial charge in [-0.15, -0.1) is 0 Å². The smallest absolute Gasteiger partial charge is 0.100 e. The lowest BCUT2D eigenvalue weighted by molar-refractivity contribution is 0.734. The molecule has 2 heteroatoms. The van der Waals surface area contributed by atoms with E-state index < -0.39 is 0 Å². The van der Waals surface area contributed by atoms with Crippen LogP contribution in [0.5, 0.6) is 0 Å². The van der Waals surface area contributed by atoms with Crippen LogP contribution in [-0.4, -0.2) is 12.8 Å². The maximum Gasteiger partial charge on any atom is 0.100 e. The molecule has 2 nitrogen and oxygen atoms in total. The third-order valence-electron chi connectivity index (χ3n) is 1.22. The summed E-state index contributed by atoms with van der Waals surface area (Å²) in [5.74, 6) is 0.435. The van der Waals surface area contributed by atoms with E-state index in [4.69, 9.17) is 5.26 Å². The van der Waals surface area contributed by atoms with Crippen LogP contribution in [-0.2, 0) is 0 Å². The molecule has 0 aliphatic carbocycles. The Hall–Kier alpha value is -1.10. The van der Waals surface area contributed by atoms with Crippen molar-refractivity contribution in [2.24, 2.45) is 10.9 Å². The summed E-state index contributed by atoms with van der Waals surface area (Å²) in [6.45, 7) is 2.87. The zero-order valence-corrected chi connectivity index (χ0v) is 5.33. The summed E-state index contributed by atoms with van der Waals surface area (Å²) in [5.41, 5.74) is 0.689. The Morgan fingerprint density at radius 2 is 2.67 bits per heavy atom. The minimum atomic E-state index is 0.435. The summed E-state index contributed by atoms with van der Waals surface area (Å²) in [6.07, 6.45) is 3.56. The second kappa shape index (κ2) is 2.45. The van der Waals surface area contributed by atoms with Gasteiger partial charge in [-0.05, 0) is 5.92 Å². The quantitative estimate of drug-likeness (QED) is 0.472. The average molecular weight is 120 g/mol. The molecule has 0 N–H and O–H groups in total. The maximum atomic E-state index is 8.40. The molecule has 1 aliphatic heterocycles. The molecule has 0 aromatic heterocycles. The van der Waals surface area contributed by atoms with Crippen molar-refractivity contribution in [2.45, 2.75) is 6.92 Å². The summed E-state index contributed by atoms with van der Waals surface area (Å²) >= 11 is 0. The zero-order valence-electron chi connectivity index (χ0n) is 5.33. The number of rotatable bonds is 0. The summed E-state index contributed by atoms with van der Waals surface area (Å²) < 4.78 is 0. The molecule has 1 heterocycles. The molecule has 0 fully saturated rings. The van der Waals surface area contributed by atoms with E-state index in [1.54, 1.807) is 6.21 Å². The van der Waals surface area contributed by atoms with Crippen molar-refractivity contribution in [1.82, 2.24) is 0 Å². The summed E-state index contributed by atoms with van der Waals surface area (Å²) in [7, 11) is 0. The van der Waals surface area contributed by atoms with Gasteiger partial charge in [-0.3, -0.25) is 4.99 Å². The predicted octanol–water partition coefficient (Wildman–Crippen LogP) is 1.16. The Bertz CT molecular complexity index is 195. The van der Waals surface area contributed by atoms with Gasteiger partial charge in [-0.2, -0.15) is 5.26 Å². The molecule has 1 unspecified atom stereocenters. The van der Waals surface area contributed by atoms with E-state index in [1.807, 2.05) is 19.1 Å². The molecule has 0 amide bonds. The number of dihydropyridines is 1. The van der Waals surface area contributed by atoms with Crippen LogP contribution in [0.3, 0.4) is 0 Å². The lowest BCUT2D eigenvalue weighted by Crippen LogP contribution is -2.02. The third kappa shape index (κ3) is 1.39. The third-order valence-corrected chi connectivity index (χ3v) is 1.22. The molecule has 0 radical (unpaired) electrons. The molecule has 1 rings (SSSR count). The van der Waals surface area contributed by atoms with Gasteiger partial charge in [0, 0.05) is 12.8 Å². The first-order valence-corrected chi connectivity index (χ1v) is 2.94. The first kappa shape index (κ1) is 6.03. The van der Waals surface area contributed by atoms with Crippen LogP contribution in [0.2, 0.25) is 0 Å². The molecule has 1 aliphatic rings. The van der Waals surface area contributed by atoms with Gasteiger partial charge in [0.1, 0.15) is 6.07 Å². The number of nitrogens with zero attached hydrogens (tertiary/aromatic N) is 2. The Balaban J connectivity index is 2.74. The second-order valence-corrected chi connectivity index (χ2v) is 2.21. The lowest BCUT2D eigenvalue weighted by Gasteiger charge is -2.05. The van der Waals surface area contributed by atoms with Crippen molar-refractivity contribution in [2.75, 3.05) is 6.54 Å². The largest absolute Gasteiger partial charge is 0.291 e. The van der Waals surface area contributed by atoms with Crippen molar-refractivity contribution < 1.29 is 0 Å². The van der Waals surface area contributed by atoms with Gasteiger partial charge in [0.25, 0.3) is 0 Å². The molecule has 0 bridgehead atoms. The summed E-state index contributed by atoms with van der Waals surface area (Å²) in [6, 6.07) is 2.05. The molecule has 0 saturated carbocycles. The molecule has 0 aromatic carbocycles. The minimum Gasteiger partial charge on any atom is -0.291 e. The molecular weight excluding hydrogens is 112 g/mol. The van der Waals surface area contributed by atoms with E-state index in [0.29, 0.717) is 11.5 Å². The van der Waals surface area contributed by atoms with Crippen LogP contribution in [0.4, 0.5) is 0 Å². The van der Waals surface area contributed by atoms with Gasteiger partial charge in [-0.25, -0.2) is 0 Å². The molecular formula is C7H8N2. The number of hydrogen-bond acceptors (Lipinski definition) is 2. The Kier molecular flexibility index (Phi) is 1.64. The highest BCUT2D eigenvalue weighted by atomic mass is 14.7. The highest BCUT2D eigenvalue weighted by molar-refractivity contribution is 5.84. The molecule has 46 valence electrons. The van der Waals surface area contributed by atoms with Crippen molar-refractivity contribution in [1.29, 1.82) is 5.26 Å². The lowest BCUT2D eigenvalue weighted by atomic mass is 10.1. The van der Waals surface area contributed by atoms with E-state index >= 15 is 0 Å². The van der Waals surface area contributed by atoms with E-state index in [0.717, 1.165) is 6.54 Å². The van der Waals surface area contributed by atoms with Crippen molar-refractivity contribution in [3.63, 3.8) is 0 Å². The van der Waals surface area contributed by atoms with Crippen LogP contribution < -0.4 is 0 Å². The van der Waals surface area contributed by atoms with Gasteiger partial charge in [0.05, 0.1) is 5.57 Å². The monoisotopic (exact) mass is 120 g/mol. The van der Waals surface area contributed by atoms with Crippen molar-refractivity contribution >= 4 is 6.21 Å². The van der Waals surface area contributed by atoms with Crippen LogP contribution >= 0.6 is 0 Å². The topological polar surface area (TPSA) is 36.1 Å². The maximum absolute atomic E-state index is 8.40. The summed E-state index contributed by atoms with van der Waals surface area (Å²) in [5, 5.41) is 8.40. The number of hydrogen-bond donors (Lipinski definition) is 0. The molecule has 1 atom stereocenters. The molecule has 0 aromatic rings. The predicted molar refractivity (Wildman–Crippen MR) is 36.2 cm³/mol. The van der Waals surface area contributed by atoms with Crippen LogP contribution in [0.25, 0.3) is 0 Å². The highest BCUT2D eigenvalue weighted by Gasteiger charge is 2.02. The van der Waals surface area contributed by atoms with Gasteiger partial charge in [0.2, 0.25) is 0 Å². The van der Waals surface area contributed by atoms with E-state index in [-0.39, 0.29) is 0 Å². The highest BCUT2D eigenvalue weighted by Crippen LogP contribution is 2.06. The fraction of sp³-hybridized carbons (Fsp3) is 0.429. The fourth-order valence-corrected chi connectivity index (χ4v) is 0.786. The minimum absolute atomic E-state index is 0.435. The summed E-state index contributed by atoms with van der Waals surface area (Å²) in [4.78, 5) is 3.99. The molecule has 0 spiro atoms. The van der Waals surface area contributed by atoms with Crippen molar-refractivity contribution in [3.8, 4) is 6.07 Å². The Morgan fingerprint density at radius 3 is 3.11 bits per heavy atom. The van der Waals surface area contributed by atoms with Crippen LogP contribution in [0.1, 0.15) is 6.92 Å². The standard InChI is InChI=1S/C7H8N2/c1-6-2-7(3-8)5-9-4-6/h2,5-6H,4H2,1H3. The molecule has 0 saturated heterocycles. The Morgan fingerprint density at radius 1 is 1.89 bits per heavy atom. The second-order valence-electron chi connectivity index (χ2n) is 2.21. The first-order chi connectivity index (χ1) is 4.33. The fourth-order valence-electron chi connectivity index (χ4n) is 0.786. The van der Waals surface area contributed by atoms with Gasteiger partial charge in [-0.1, -0.05) is 13.0 Å². The Labute approximate surface area is 54.5 Å². The van der Waals surface area contributed by atoms with Gasteiger partial charge in [0.15, 0.2) is 0 Å². The SMILES string of the molecule is CC1C=C(C#N)C=NC1.